The molecule has 2 nitrogen and oxygen atoms in total. The van der Waals surface area contributed by atoms with Crippen LogP contribution < -0.4 is 5.32 Å². The van der Waals surface area contributed by atoms with Gasteiger partial charge in [-0.1, -0.05) is 19.8 Å². The highest BCUT2D eigenvalue weighted by atomic mass is 16.5. The van der Waals surface area contributed by atoms with E-state index in [0.717, 1.165) is 13.2 Å². The van der Waals surface area contributed by atoms with Gasteiger partial charge in [-0.2, -0.15) is 0 Å². The Morgan fingerprint density at radius 1 is 1.23 bits per heavy atom. The van der Waals surface area contributed by atoms with Crippen molar-refractivity contribution in [3.8, 4) is 0 Å². The van der Waals surface area contributed by atoms with E-state index in [2.05, 4.69) is 19.2 Å². The monoisotopic (exact) mass is 187 g/mol. The van der Waals surface area contributed by atoms with Crippen molar-refractivity contribution in [2.45, 2.75) is 52.0 Å². The number of methoxy groups -OCH3 is 1. The Hall–Kier alpha value is -0.0800. The smallest absolute Gasteiger partial charge is 0.0462 e. The summed E-state index contributed by atoms with van der Waals surface area (Å²) in [7, 11) is 1.77. The van der Waals surface area contributed by atoms with Crippen molar-refractivity contribution in [1.29, 1.82) is 0 Å². The Kier molecular flexibility index (Phi) is 9.94. The van der Waals surface area contributed by atoms with Crippen LogP contribution in [0.15, 0.2) is 0 Å². The van der Waals surface area contributed by atoms with Gasteiger partial charge in [0.2, 0.25) is 0 Å². The molecule has 0 amide bonds. The lowest BCUT2D eigenvalue weighted by atomic mass is 10.1. The van der Waals surface area contributed by atoms with E-state index >= 15 is 0 Å². The molecular formula is C11H25NO. The van der Waals surface area contributed by atoms with Crippen LogP contribution in [0, 0.1) is 0 Å². The average molecular weight is 187 g/mol. The van der Waals surface area contributed by atoms with Crippen molar-refractivity contribution in [1.82, 2.24) is 5.32 Å². The van der Waals surface area contributed by atoms with Crippen LogP contribution in [0.3, 0.4) is 0 Å². The van der Waals surface area contributed by atoms with E-state index in [4.69, 9.17) is 4.74 Å². The van der Waals surface area contributed by atoms with Crippen molar-refractivity contribution < 1.29 is 4.74 Å². The lowest BCUT2D eigenvalue weighted by Gasteiger charge is -2.12. The summed E-state index contributed by atoms with van der Waals surface area (Å²) in [5.41, 5.74) is 0. The highest BCUT2D eigenvalue weighted by molar-refractivity contribution is 4.59. The zero-order valence-corrected chi connectivity index (χ0v) is 9.44. The van der Waals surface area contributed by atoms with Crippen molar-refractivity contribution in [2.24, 2.45) is 0 Å². The van der Waals surface area contributed by atoms with E-state index in [1.807, 2.05) is 0 Å². The van der Waals surface area contributed by atoms with E-state index < -0.39 is 0 Å². The molecule has 0 saturated carbocycles. The molecule has 1 N–H and O–H groups in total. The molecule has 0 aliphatic carbocycles. The molecule has 0 fully saturated rings. The fourth-order valence-corrected chi connectivity index (χ4v) is 1.37. The van der Waals surface area contributed by atoms with Crippen LogP contribution in [0.1, 0.15) is 46.0 Å². The lowest BCUT2D eigenvalue weighted by molar-refractivity contribution is 0.191. The number of unbranched alkanes of at least 4 members (excludes halogenated alkanes) is 2. The number of hydrogen-bond acceptors (Lipinski definition) is 2. The first-order valence-corrected chi connectivity index (χ1v) is 5.53. The third kappa shape index (κ3) is 9.84. The summed E-state index contributed by atoms with van der Waals surface area (Å²) in [5, 5.41) is 3.49. The molecule has 0 aromatic carbocycles. The Balaban J connectivity index is 3.03. The second kappa shape index (κ2) is 10.0. The molecule has 0 aliphatic heterocycles. The molecule has 0 aromatic rings. The first-order valence-electron chi connectivity index (χ1n) is 5.53. The molecule has 2 heteroatoms. The van der Waals surface area contributed by atoms with Crippen molar-refractivity contribution in [2.75, 3.05) is 20.3 Å². The fourth-order valence-electron chi connectivity index (χ4n) is 1.37. The van der Waals surface area contributed by atoms with Gasteiger partial charge >= 0.3 is 0 Å². The minimum Gasteiger partial charge on any atom is -0.385 e. The first kappa shape index (κ1) is 12.9. The Labute approximate surface area is 83.1 Å². The van der Waals surface area contributed by atoms with Crippen LogP contribution >= 0.6 is 0 Å². The number of rotatable bonds is 9. The second-order valence-corrected chi connectivity index (χ2v) is 3.70. The van der Waals surface area contributed by atoms with E-state index in [1.54, 1.807) is 7.11 Å². The largest absolute Gasteiger partial charge is 0.385 e. The first-order chi connectivity index (χ1) is 6.31. The van der Waals surface area contributed by atoms with Gasteiger partial charge < -0.3 is 10.1 Å². The summed E-state index contributed by atoms with van der Waals surface area (Å²) in [6, 6.07) is 0.683. The van der Waals surface area contributed by atoms with Gasteiger partial charge in [-0.15, -0.1) is 0 Å². The highest BCUT2D eigenvalue weighted by Gasteiger charge is 1.98. The van der Waals surface area contributed by atoms with Crippen LogP contribution in [-0.4, -0.2) is 26.3 Å². The molecule has 80 valence electrons. The molecule has 13 heavy (non-hydrogen) atoms. The summed E-state index contributed by atoms with van der Waals surface area (Å²) in [5.74, 6) is 0. The Morgan fingerprint density at radius 3 is 2.62 bits per heavy atom. The molecule has 0 heterocycles. The zero-order chi connectivity index (χ0) is 9.94. The zero-order valence-electron chi connectivity index (χ0n) is 9.44. The van der Waals surface area contributed by atoms with Gasteiger partial charge in [-0.25, -0.2) is 0 Å². The van der Waals surface area contributed by atoms with Gasteiger partial charge in [0.1, 0.15) is 0 Å². The number of nitrogens with one attached hydrogen (secondary N) is 1. The van der Waals surface area contributed by atoms with Crippen molar-refractivity contribution >= 4 is 0 Å². The van der Waals surface area contributed by atoms with Gasteiger partial charge in [-0.3, -0.25) is 0 Å². The molecule has 0 saturated heterocycles. The number of ether oxygens (including phenoxy) is 1. The number of hydrogen-bond donors (Lipinski definition) is 1. The van der Waals surface area contributed by atoms with E-state index in [0.29, 0.717) is 6.04 Å². The van der Waals surface area contributed by atoms with Crippen LogP contribution in [0.25, 0.3) is 0 Å². The molecule has 1 atom stereocenters. The van der Waals surface area contributed by atoms with E-state index in [1.165, 1.54) is 32.1 Å². The van der Waals surface area contributed by atoms with Crippen LogP contribution in [0.5, 0.6) is 0 Å². The minimum absolute atomic E-state index is 0.683. The van der Waals surface area contributed by atoms with Crippen molar-refractivity contribution in [3.63, 3.8) is 0 Å². The van der Waals surface area contributed by atoms with Crippen molar-refractivity contribution in [3.05, 3.63) is 0 Å². The predicted molar refractivity (Wildman–Crippen MR) is 58.1 cm³/mol. The summed E-state index contributed by atoms with van der Waals surface area (Å²) >= 11 is 0. The molecule has 0 spiro atoms. The predicted octanol–water partition coefficient (Wildman–Crippen LogP) is 2.58. The van der Waals surface area contributed by atoms with E-state index in [-0.39, 0.29) is 0 Å². The summed E-state index contributed by atoms with van der Waals surface area (Å²) in [6.07, 6.45) is 6.35. The maximum Gasteiger partial charge on any atom is 0.0462 e. The molecule has 1 unspecified atom stereocenters. The maximum atomic E-state index is 5.00. The quantitative estimate of drug-likeness (QED) is 0.560. The SMILES string of the molecule is CCCNC(C)CCCCCOC. The van der Waals surface area contributed by atoms with Gasteiger partial charge in [-0.05, 0) is 32.7 Å². The normalized spacial score (nSPS) is 13.2. The molecule has 0 rings (SSSR count). The minimum atomic E-state index is 0.683. The Bertz CT molecular complexity index is 96.1. The van der Waals surface area contributed by atoms with Gasteiger partial charge in [0.25, 0.3) is 0 Å². The highest BCUT2D eigenvalue weighted by Crippen LogP contribution is 2.03. The summed E-state index contributed by atoms with van der Waals surface area (Å²) in [4.78, 5) is 0. The van der Waals surface area contributed by atoms with Gasteiger partial charge in [0, 0.05) is 19.8 Å². The topological polar surface area (TPSA) is 21.3 Å². The average Bonchev–Trinajstić information content (AvgIpc) is 2.14. The van der Waals surface area contributed by atoms with E-state index in [9.17, 15) is 0 Å². The molecule has 0 bridgehead atoms. The van der Waals surface area contributed by atoms with Gasteiger partial charge in [0.05, 0.1) is 0 Å². The summed E-state index contributed by atoms with van der Waals surface area (Å²) < 4.78 is 5.00. The van der Waals surface area contributed by atoms with Gasteiger partial charge in [0.15, 0.2) is 0 Å². The maximum absolute atomic E-state index is 5.00. The lowest BCUT2D eigenvalue weighted by Crippen LogP contribution is -2.26. The second-order valence-electron chi connectivity index (χ2n) is 3.70. The standard InChI is InChI=1S/C11H25NO/c1-4-9-12-11(2)8-6-5-7-10-13-3/h11-12H,4-10H2,1-3H3. The molecule has 0 radical (unpaired) electrons. The fraction of sp³-hybridized carbons (Fsp3) is 1.00. The van der Waals surface area contributed by atoms with Crippen LogP contribution in [-0.2, 0) is 4.74 Å². The third-order valence-corrected chi connectivity index (χ3v) is 2.23. The Morgan fingerprint density at radius 2 is 2.00 bits per heavy atom. The summed E-state index contributed by atoms with van der Waals surface area (Å²) in [6.45, 7) is 6.54. The molecule has 0 aliphatic rings. The molecular weight excluding hydrogens is 162 g/mol. The molecule has 0 aromatic heterocycles. The van der Waals surface area contributed by atoms with Crippen LogP contribution in [0.2, 0.25) is 0 Å². The third-order valence-electron chi connectivity index (χ3n) is 2.23. The van der Waals surface area contributed by atoms with Crippen LogP contribution in [0.4, 0.5) is 0 Å².